The summed E-state index contributed by atoms with van der Waals surface area (Å²) >= 11 is 0. The lowest BCUT2D eigenvalue weighted by atomic mass is 9.97. The quantitative estimate of drug-likeness (QED) is 0.178. The minimum atomic E-state index is -2.10. The van der Waals surface area contributed by atoms with Crippen LogP contribution in [0.1, 0.15) is 12.8 Å². The number of carboxylic acid groups (broad SMARTS) is 4. The Kier molecular flexibility index (Phi) is 7.99. The SMILES string of the molecule is NC(=O)C(CC(N)C(=O)NC(CC(C(=O)O)C(=O)O)C(=O)O)C(=O)O. The highest BCUT2D eigenvalue weighted by Gasteiger charge is 2.35. The molecule has 25 heavy (non-hydrogen) atoms. The molecule has 0 aliphatic rings. The molecule has 0 aliphatic carbocycles. The van der Waals surface area contributed by atoms with E-state index in [0.717, 1.165) is 0 Å². The highest BCUT2D eigenvalue weighted by molar-refractivity contribution is 5.97. The minimum Gasteiger partial charge on any atom is -0.481 e. The van der Waals surface area contributed by atoms with Crippen molar-refractivity contribution in [2.75, 3.05) is 0 Å². The van der Waals surface area contributed by atoms with E-state index in [9.17, 15) is 28.8 Å². The first-order valence-electron chi connectivity index (χ1n) is 6.64. The maximum absolute atomic E-state index is 11.8. The van der Waals surface area contributed by atoms with Crippen molar-refractivity contribution in [3.8, 4) is 0 Å². The highest BCUT2D eigenvalue weighted by atomic mass is 16.4. The number of hydrogen-bond donors (Lipinski definition) is 7. The average molecular weight is 363 g/mol. The molecule has 0 spiro atoms. The van der Waals surface area contributed by atoms with E-state index in [0.29, 0.717) is 0 Å². The number of carbonyl (C=O) groups is 6. The van der Waals surface area contributed by atoms with Crippen molar-refractivity contribution in [1.29, 1.82) is 0 Å². The molecule has 2 amide bonds. The van der Waals surface area contributed by atoms with Gasteiger partial charge in [-0.1, -0.05) is 0 Å². The molecule has 3 atom stereocenters. The molecule has 0 aromatic rings. The van der Waals surface area contributed by atoms with Crippen molar-refractivity contribution >= 4 is 35.7 Å². The van der Waals surface area contributed by atoms with Gasteiger partial charge in [0, 0.05) is 6.42 Å². The van der Waals surface area contributed by atoms with Crippen LogP contribution in [0.3, 0.4) is 0 Å². The second-order valence-corrected chi connectivity index (χ2v) is 5.00. The van der Waals surface area contributed by atoms with E-state index < -0.39 is 72.5 Å². The lowest BCUT2D eigenvalue weighted by Gasteiger charge is -2.20. The van der Waals surface area contributed by atoms with E-state index in [1.807, 2.05) is 0 Å². The first-order chi connectivity index (χ1) is 11.4. The number of carbonyl (C=O) groups excluding carboxylic acids is 2. The third-order valence-electron chi connectivity index (χ3n) is 3.15. The molecule has 0 heterocycles. The van der Waals surface area contributed by atoms with Crippen molar-refractivity contribution in [3.63, 3.8) is 0 Å². The third kappa shape index (κ3) is 6.82. The van der Waals surface area contributed by atoms with Crippen molar-refractivity contribution in [2.45, 2.75) is 24.9 Å². The van der Waals surface area contributed by atoms with E-state index >= 15 is 0 Å². The number of amides is 2. The number of primary amides is 1. The van der Waals surface area contributed by atoms with Gasteiger partial charge >= 0.3 is 23.9 Å². The van der Waals surface area contributed by atoms with Gasteiger partial charge in [0.15, 0.2) is 5.92 Å². The van der Waals surface area contributed by atoms with Crippen LogP contribution in [0.4, 0.5) is 0 Å². The summed E-state index contributed by atoms with van der Waals surface area (Å²) in [5, 5.41) is 37.0. The predicted octanol–water partition coefficient (Wildman–Crippen LogP) is -3.37. The molecular formula is C12H17N3O10. The maximum Gasteiger partial charge on any atom is 0.326 e. The fourth-order valence-electron chi connectivity index (χ4n) is 1.74. The van der Waals surface area contributed by atoms with Gasteiger partial charge in [0.2, 0.25) is 11.8 Å². The molecule has 0 saturated heterocycles. The largest absolute Gasteiger partial charge is 0.481 e. The summed E-state index contributed by atoms with van der Waals surface area (Å²) in [6.45, 7) is 0. The zero-order chi connectivity index (χ0) is 19.9. The Labute approximate surface area is 139 Å². The number of nitrogens with one attached hydrogen (secondary N) is 1. The Hall–Kier alpha value is -3.22. The molecule has 140 valence electrons. The van der Waals surface area contributed by atoms with E-state index in [1.165, 1.54) is 0 Å². The molecular weight excluding hydrogens is 346 g/mol. The first kappa shape index (κ1) is 21.8. The monoisotopic (exact) mass is 363 g/mol. The number of nitrogens with two attached hydrogens (primary N) is 2. The number of aliphatic carboxylic acids is 4. The molecule has 13 heteroatoms. The smallest absolute Gasteiger partial charge is 0.326 e. The molecule has 3 unspecified atom stereocenters. The molecule has 0 aromatic carbocycles. The average Bonchev–Trinajstić information content (AvgIpc) is 2.46. The van der Waals surface area contributed by atoms with Gasteiger partial charge in [0.05, 0.1) is 6.04 Å². The lowest BCUT2D eigenvalue weighted by molar-refractivity contribution is -0.156. The zero-order valence-electron chi connectivity index (χ0n) is 12.6. The molecule has 13 nitrogen and oxygen atoms in total. The zero-order valence-corrected chi connectivity index (χ0v) is 12.6. The standard InChI is InChI=1S/C12H17N3O10/c13-5(1-3(7(14)16)9(18)19)8(17)15-6(12(24)25)2-4(10(20)21)11(22)23/h3-6H,1-2,13H2,(H2,14,16)(H,15,17)(H,18,19)(H,20,21)(H,22,23)(H,24,25). The Morgan fingerprint density at radius 3 is 1.52 bits per heavy atom. The second kappa shape index (κ2) is 9.17. The molecule has 0 saturated carbocycles. The Bertz CT molecular complexity index is 562. The van der Waals surface area contributed by atoms with Gasteiger partial charge in [-0.25, -0.2) is 4.79 Å². The van der Waals surface area contributed by atoms with Gasteiger partial charge in [-0.05, 0) is 6.42 Å². The van der Waals surface area contributed by atoms with Gasteiger partial charge in [-0.3, -0.25) is 24.0 Å². The fourth-order valence-corrected chi connectivity index (χ4v) is 1.74. The summed E-state index contributed by atoms with van der Waals surface area (Å²) in [4.78, 5) is 66.2. The van der Waals surface area contributed by atoms with Gasteiger partial charge in [-0.2, -0.15) is 0 Å². The van der Waals surface area contributed by atoms with E-state index in [-0.39, 0.29) is 0 Å². The van der Waals surface area contributed by atoms with Crippen LogP contribution in [-0.4, -0.2) is 68.2 Å². The van der Waals surface area contributed by atoms with Gasteiger partial charge in [0.1, 0.15) is 12.0 Å². The molecule has 9 N–H and O–H groups in total. The molecule has 0 bridgehead atoms. The van der Waals surface area contributed by atoms with E-state index in [2.05, 4.69) is 0 Å². The second-order valence-electron chi connectivity index (χ2n) is 5.00. The molecule has 0 rings (SSSR count). The topological polar surface area (TPSA) is 247 Å². The summed E-state index contributed by atoms with van der Waals surface area (Å²) in [5.41, 5.74) is 10.2. The van der Waals surface area contributed by atoms with Crippen LogP contribution in [0.2, 0.25) is 0 Å². The van der Waals surface area contributed by atoms with E-state index in [1.54, 1.807) is 5.32 Å². The Morgan fingerprint density at radius 1 is 0.760 bits per heavy atom. The van der Waals surface area contributed by atoms with Crippen molar-refractivity contribution in [1.82, 2.24) is 5.32 Å². The van der Waals surface area contributed by atoms with E-state index in [4.69, 9.17) is 31.9 Å². The summed E-state index contributed by atoms with van der Waals surface area (Å²) in [5.74, 6) is -13.4. The van der Waals surface area contributed by atoms with Crippen LogP contribution in [0.15, 0.2) is 0 Å². The van der Waals surface area contributed by atoms with Gasteiger partial charge in [0.25, 0.3) is 0 Å². The number of hydrogen-bond acceptors (Lipinski definition) is 7. The molecule has 0 aromatic heterocycles. The normalized spacial score (nSPS) is 14.2. The van der Waals surface area contributed by atoms with Crippen LogP contribution < -0.4 is 16.8 Å². The van der Waals surface area contributed by atoms with Crippen molar-refractivity contribution < 1.29 is 49.2 Å². The molecule has 0 radical (unpaired) electrons. The molecule has 0 fully saturated rings. The van der Waals surface area contributed by atoms with Crippen LogP contribution in [0.25, 0.3) is 0 Å². The first-order valence-corrected chi connectivity index (χ1v) is 6.64. The van der Waals surface area contributed by atoms with Crippen LogP contribution in [0.5, 0.6) is 0 Å². The van der Waals surface area contributed by atoms with Crippen LogP contribution in [0, 0.1) is 11.8 Å². The number of carboxylic acids is 4. The summed E-state index contributed by atoms with van der Waals surface area (Å²) in [7, 11) is 0. The van der Waals surface area contributed by atoms with Crippen molar-refractivity contribution in [2.24, 2.45) is 23.3 Å². The predicted molar refractivity (Wildman–Crippen MR) is 75.9 cm³/mol. The number of rotatable bonds is 11. The summed E-state index contributed by atoms with van der Waals surface area (Å²) in [6, 6.07) is -3.56. The summed E-state index contributed by atoms with van der Waals surface area (Å²) in [6.07, 6.45) is -1.71. The Morgan fingerprint density at radius 2 is 1.20 bits per heavy atom. The van der Waals surface area contributed by atoms with Gasteiger partial charge < -0.3 is 37.2 Å². The van der Waals surface area contributed by atoms with Crippen LogP contribution in [-0.2, 0) is 28.8 Å². The van der Waals surface area contributed by atoms with Crippen LogP contribution >= 0.6 is 0 Å². The lowest BCUT2D eigenvalue weighted by Crippen LogP contribution is -2.51. The summed E-state index contributed by atoms with van der Waals surface area (Å²) < 4.78 is 0. The molecule has 0 aliphatic heterocycles. The van der Waals surface area contributed by atoms with Crippen molar-refractivity contribution in [3.05, 3.63) is 0 Å². The fraction of sp³-hybridized carbons (Fsp3) is 0.500. The maximum atomic E-state index is 11.8. The minimum absolute atomic E-state index is 0.732. The third-order valence-corrected chi connectivity index (χ3v) is 3.15. The van der Waals surface area contributed by atoms with Gasteiger partial charge in [-0.15, -0.1) is 0 Å². The highest BCUT2D eigenvalue weighted by Crippen LogP contribution is 2.10. The Balaban J connectivity index is 5.08.